The van der Waals surface area contributed by atoms with E-state index in [1.165, 1.54) is 32.1 Å². The van der Waals surface area contributed by atoms with Crippen molar-refractivity contribution in [2.24, 2.45) is 0 Å². The number of aliphatic hydroxyl groups is 1. The molecule has 2 aromatic rings. The molecule has 1 aromatic carbocycles. The molecule has 0 amide bonds. The van der Waals surface area contributed by atoms with E-state index in [9.17, 15) is 5.11 Å². The van der Waals surface area contributed by atoms with Crippen LogP contribution in [0.5, 0.6) is 0 Å². The molecule has 1 atom stereocenters. The molecule has 0 spiro atoms. The van der Waals surface area contributed by atoms with Crippen LogP contribution >= 0.6 is 11.6 Å². The Morgan fingerprint density at radius 1 is 1.36 bits per heavy atom. The highest BCUT2D eigenvalue weighted by Gasteiger charge is 2.20. The number of hydrogen-bond donors (Lipinski definition) is 2. The van der Waals surface area contributed by atoms with Crippen molar-refractivity contribution in [2.45, 2.75) is 50.7 Å². The van der Waals surface area contributed by atoms with Gasteiger partial charge in [-0.25, -0.2) is 0 Å². The van der Waals surface area contributed by atoms with E-state index >= 15 is 0 Å². The largest absolute Gasteiger partial charge is 0.388 e. The van der Waals surface area contributed by atoms with E-state index in [1.807, 2.05) is 12.1 Å². The Morgan fingerprint density at radius 2 is 2.14 bits per heavy atom. The lowest BCUT2D eigenvalue weighted by molar-refractivity contribution is 0.125. The quantitative estimate of drug-likeness (QED) is 0.878. The Balaban J connectivity index is 1.62. The van der Waals surface area contributed by atoms with Crippen LogP contribution in [0.1, 0.15) is 50.2 Å². The van der Waals surface area contributed by atoms with Crippen molar-refractivity contribution in [3.05, 3.63) is 28.9 Å². The summed E-state index contributed by atoms with van der Waals surface area (Å²) >= 11 is 6.41. The Hall–Kier alpha value is -1.10. The first kappa shape index (κ1) is 15.8. The smallest absolute Gasteiger partial charge is 0.0816 e. The zero-order chi connectivity index (χ0) is 15.5. The number of aromatic amines is 1. The highest BCUT2D eigenvalue weighted by Crippen LogP contribution is 2.32. The predicted octanol–water partition coefficient (Wildman–Crippen LogP) is 3.90. The summed E-state index contributed by atoms with van der Waals surface area (Å²) in [5.74, 6) is 0. The van der Waals surface area contributed by atoms with Crippen LogP contribution in [0.15, 0.2) is 18.3 Å². The average Bonchev–Trinajstić information content (AvgIpc) is 3.03. The molecule has 1 heterocycles. The van der Waals surface area contributed by atoms with Gasteiger partial charge in [0.05, 0.1) is 22.8 Å². The van der Waals surface area contributed by atoms with Gasteiger partial charge in [-0.3, -0.25) is 5.10 Å². The fraction of sp³-hybridized carbons (Fsp3) is 0.588. The fourth-order valence-corrected chi connectivity index (χ4v) is 3.78. The molecule has 1 fully saturated rings. The van der Waals surface area contributed by atoms with Crippen molar-refractivity contribution in [1.82, 2.24) is 15.1 Å². The molecule has 0 radical (unpaired) electrons. The minimum atomic E-state index is -0.530. The van der Waals surface area contributed by atoms with Crippen LogP contribution in [0.25, 0.3) is 10.9 Å². The molecule has 3 rings (SSSR count). The molecular formula is C17H24ClN3O. The minimum absolute atomic E-state index is 0.530. The third kappa shape index (κ3) is 3.29. The molecule has 0 saturated heterocycles. The Labute approximate surface area is 136 Å². The van der Waals surface area contributed by atoms with Gasteiger partial charge in [-0.15, -0.1) is 0 Å². The SMILES string of the molecule is CN(CCC(O)c1ccc2[nH]ncc2c1Cl)C1CCCCC1. The van der Waals surface area contributed by atoms with Crippen molar-refractivity contribution in [2.75, 3.05) is 13.6 Å². The molecule has 5 heteroatoms. The molecular weight excluding hydrogens is 298 g/mol. The molecule has 1 aliphatic carbocycles. The van der Waals surface area contributed by atoms with Crippen molar-refractivity contribution in [1.29, 1.82) is 0 Å². The summed E-state index contributed by atoms with van der Waals surface area (Å²) in [5.41, 5.74) is 1.70. The molecule has 1 unspecified atom stereocenters. The van der Waals surface area contributed by atoms with Crippen LogP contribution in [0, 0.1) is 0 Å². The van der Waals surface area contributed by atoms with Gasteiger partial charge in [0.1, 0.15) is 0 Å². The Bertz CT molecular complexity index is 621. The summed E-state index contributed by atoms with van der Waals surface area (Å²) in [5, 5.41) is 18.9. The first-order valence-corrected chi connectivity index (χ1v) is 8.54. The minimum Gasteiger partial charge on any atom is -0.388 e. The molecule has 1 saturated carbocycles. The van der Waals surface area contributed by atoms with Crippen LogP contribution in [0.2, 0.25) is 5.02 Å². The molecule has 0 aliphatic heterocycles. The number of rotatable bonds is 5. The Morgan fingerprint density at radius 3 is 2.91 bits per heavy atom. The highest BCUT2D eigenvalue weighted by atomic mass is 35.5. The molecule has 120 valence electrons. The van der Waals surface area contributed by atoms with Crippen LogP contribution in [0.3, 0.4) is 0 Å². The number of benzene rings is 1. The lowest BCUT2D eigenvalue weighted by atomic mass is 9.94. The van der Waals surface area contributed by atoms with Crippen LogP contribution < -0.4 is 0 Å². The lowest BCUT2D eigenvalue weighted by Gasteiger charge is -2.31. The maximum absolute atomic E-state index is 10.5. The zero-order valence-corrected chi connectivity index (χ0v) is 13.8. The molecule has 1 aromatic heterocycles. The number of halogens is 1. The molecule has 22 heavy (non-hydrogen) atoms. The van der Waals surface area contributed by atoms with Crippen molar-refractivity contribution in [3.63, 3.8) is 0 Å². The van der Waals surface area contributed by atoms with Gasteiger partial charge in [-0.1, -0.05) is 36.9 Å². The topological polar surface area (TPSA) is 52.1 Å². The summed E-state index contributed by atoms with van der Waals surface area (Å²) in [4.78, 5) is 2.40. The average molecular weight is 322 g/mol. The van der Waals surface area contributed by atoms with Crippen molar-refractivity contribution in [3.8, 4) is 0 Å². The molecule has 1 aliphatic rings. The normalized spacial score (nSPS) is 18.2. The maximum atomic E-state index is 10.5. The summed E-state index contributed by atoms with van der Waals surface area (Å²) < 4.78 is 0. The van der Waals surface area contributed by atoms with E-state index < -0.39 is 6.10 Å². The number of nitrogens with zero attached hydrogens (tertiary/aromatic N) is 2. The second-order valence-corrected chi connectivity index (χ2v) is 6.75. The molecule has 4 nitrogen and oxygen atoms in total. The lowest BCUT2D eigenvalue weighted by Crippen LogP contribution is -2.34. The van der Waals surface area contributed by atoms with Gasteiger partial charge >= 0.3 is 0 Å². The van der Waals surface area contributed by atoms with Crippen LogP contribution in [-0.2, 0) is 0 Å². The van der Waals surface area contributed by atoms with Gasteiger partial charge in [0.25, 0.3) is 0 Å². The maximum Gasteiger partial charge on any atom is 0.0816 e. The standard InChI is InChI=1S/C17H24ClN3O/c1-21(12-5-3-2-4-6-12)10-9-16(22)13-7-8-15-14(17(13)18)11-19-20-15/h7-8,11-12,16,22H,2-6,9-10H2,1H3,(H,19,20). The van der Waals surface area contributed by atoms with Gasteiger partial charge in [-0.2, -0.15) is 5.10 Å². The zero-order valence-electron chi connectivity index (χ0n) is 13.1. The monoisotopic (exact) mass is 321 g/mol. The number of aromatic nitrogens is 2. The fourth-order valence-electron chi connectivity index (χ4n) is 3.44. The number of H-pyrrole nitrogens is 1. The van der Waals surface area contributed by atoms with Crippen LogP contribution in [0.4, 0.5) is 0 Å². The number of hydrogen-bond acceptors (Lipinski definition) is 3. The number of aliphatic hydroxyl groups excluding tert-OH is 1. The number of nitrogens with one attached hydrogen (secondary N) is 1. The van der Waals surface area contributed by atoms with Gasteiger partial charge in [0, 0.05) is 18.0 Å². The van der Waals surface area contributed by atoms with Gasteiger partial charge < -0.3 is 10.0 Å². The van der Waals surface area contributed by atoms with E-state index in [0.717, 1.165) is 23.0 Å². The van der Waals surface area contributed by atoms with Gasteiger partial charge in [0.15, 0.2) is 0 Å². The van der Waals surface area contributed by atoms with Crippen molar-refractivity contribution >= 4 is 22.5 Å². The summed E-state index contributed by atoms with van der Waals surface area (Å²) in [6.07, 6.45) is 8.49. The Kier molecular flexibility index (Phi) is 5.01. The third-order valence-corrected chi connectivity index (χ3v) is 5.32. The van der Waals surface area contributed by atoms with Gasteiger partial charge in [0.2, 0.25) is 0 Å². The highest BCUT2D eigenvalue weighted by molar-refractivity contribution is 6.36. The second kappa shape index (κ2) is 6.99. The van der Waals surface area contributed by atoms with E-state index in [0.29, 0.717) is 17.5 Å². The summed E-state index contributed by atoms with van der Waals surface area (Å²) in [7, 11) is 2.17. The van der Waals surface area contributed by atoms with E-state index in [4.69, 9.17) is 11.6 Å². The van der Waals surface area contributed by atoms with Crippen molar-refractivity contribution < 1.29 is 5.11 Å². The number of fused-ring (bicyclic) bond motifs is 1. The first-order valence-electron chi connectivity index (χ1n) is 8.16. The summed E-state index contributed by atoms with van der Waals surface area (Å²) in [6, 6.07) is 4.50. The third-order valence-electron chi connectivity index (χ3n) is 4.90. The summed E-state index contributed by atoms with van der Waals surface area (Å²) in [6.45, 7) is 0.894. The molecule has 0 bridgehead atoms. The van der Waals surface area contributed by atoms with Gasteiger partial charge in [-0.05, 0) is 37.9 Å². The van der Waals surface area contributed by atoms with E-state index in [-0.39, 0.29) is 0 Å². The predicted molar refractivity (Wildman–Crippen MR) is 90.2 cm³/mol. The second-order valence-electron chi connectivity index (χ2n) is 6.38. The van der Waals surface area contributed by atoms with E-state index in [1.54, 1.807) is 6.20 Å². The van der Waals surface area contributed by atoms with Crippen LogP contribution in [-0.4, -0.2) is 39.8 Å². The first-order chi connectivity index (χ1) is 10.7. The van der Waals surface area contributed by atoms with E-state index in [2.05, 4.69) is 22.1 Å². The molecule has 2 N–H and O–H groups in total.